The summed E-state index contributed by atoms with van der Waals surface area (Å²) in [5.74, 6) is 2.02. The Bertz CT molecular complexity index is 1760. The zero-order chi connectivity index (χ0) is 27.1. The van der Waals surface area contributed by atoms with E-state index in [2.05, 4.69) is 4.98 Å². The van der Waals surface area contributed by atoms with Gasteiger partial charge in [-0.15, -0.1) is 0 Å². The largest absolute Gasteiger partial charge is 0.486 e. The van der Waals surface area contributed by atoms with E-state index in [1.54, 1.807) is 36.4 Å². The van der Waals surface area contributed by atoms with Gasteiger partial charge in [-0.2, -0.15) is 4.31 Å². The second-order valence-electron chi connectivity index (χ2n) is 9.25. The number of benzene rings is 3. The number of Topliss-reactive ketones (excluding diaryl/α,β-unsaturated/α-hetero) is 1. The van der Waals surface area contributed by atoms with Gasteiger partial charge >= 0.3 is 0 Å². The number of hydrogen-bond acceptors (Lipinski definition) is 8. The molecule has 0 fully saturated rings. The van der Waals surface area contributed by atoms with E-state index >= 15 is 0 Å². The fourth-order valence-electron chi connectivity index (χ4n) is 4.57. The molecule has 11 heteroatoms. The molecule has 0 saturated carbocycles. The number of pyridine rings is 1. The summed E-state index contributed by atoms with van der Waals surface area (Å²) in [6, 6.07) is 16.1. The van der Waals surface area contributed by atoms with Crippen LogP contribution in [0.5, 0.6) is 23.0 Å². The van der Waals surface area contributed by atoms with Gasteiger partial charge in [0, 0.05) is 35.7 Å². The molecule has 200 valence electrons. The number of ketones is 1. The summed E-state index contributed by atoms with van der Waals surface area (Å²) in [5.41, 5.74) is 1.44. The molecule has 4 aromatic rings. The molecule has 3 heterocycles. The minimum Gasteiger partial charge on any atom is -0.486 e. The van der Waals surface area contributed by atoms with Crippen molar-refractivity contribution in [3.05, 3.63) is 87.7 Å². The third-order valence-electron chi connectivity index (χ3n) is 6.63. The molecule has 1 aromatic heterocycles. The fraction of sp³-hybridized carbons (Fsp3) is 0.214. The third-order valence-corrected chi connectivity index (χ3v) is 8.43. The number of aromatic nitrogens is 1. The zero-order valence-electron chi connectivity index (χ0n) is 20.9. The van der Waals surface area contributed by atoms with E-state index in [1.165, 1.54) is 35.5 Å². The first kappa shape index (κ1) is 25.0. The number of ether oxygens (including phenoxy) is 4. The Morgan fingerprint density at radius 3 is 2.28 bits per heavy atom. The van der Waals surface area contributed by atoms with Crippen LogP contribution in [0.2, 0.25) is 0 Å². The Morgan fingerprint density at radius 1 is 0.846 bits per heavy atom. The Kier molecular flexibility index (Phi) is 6.24. The summed E-state index contributed by atoms with van der Waals surface area (Å²) < 4.78 is 51.0. The van der Waals surface area contributed by atoms with E-state index in [-0.39, 0.29) is 36.1 Å². The average Bonchev–Trinajstić information content (AvgIpc) is 3.40. The van der Waals surface area contributed by atoms with Gasteiger partial charge in [0.25, 0.3) is 5.56 Å². The van der Waals surface area contributed by atoms with E-state index in [0.717, 1.165) is 0 Å². The minimum absolute atomic E-state index is 0.00470. The van der Waals surface area contributed by atoms with Crippen molar-refractivity contribution in [1.29, 1.82) is 0 Å². The standard InChI is InChI=1S/C28H24N2O8S/c1-17(31)19-3-5-22(6-4-19)39(33,34)30(14-18-2-7-24-25(10-18)38-16-37-24)15-21-11-20-12-26-27(36-9-8-35-26)13-23(20)29-28(21)32/h2-7,10-13H,8-9,14-16H2,1H3,(H,29,32). The highest BCUT2D eigenvalue weighted by Gasteiger charge is 2.27. The summed E-state index contributed by atoms with van der Waals surface area (Å²) in [4.78, 5) is 27.7. The summed E-state index contributed by atoms with van der Waals surface area (Å²) >= 11 is 0. The van der Waals surface area contributed by atoms with Crippen LogP contribution in [-0.4, -0.2) is 43.5 Å². The van der Waals surface area contributed by atoms with Gasteiger partial charge < -0.3 is 23.9 Å². The fourth-order valence-corrected chi connectivity index (χ4v) is 5.98. The molecular weight excluding hydrogens is 524 g/mol. The summed E-state index contributed by atoms with van der Waals surface area (Å²) in [6.07, 6.45) is 0. The second kappa shape index (κ2) is 9.75. The molecule has 3 aromatic carbocycles. The molecule has 0 spiro atoms. The molecule has 0 amide bonds. The minimum atomic E-state index is -4.09. The maximum absolute atomic E-state index is 13.9. The van der Waals surface area contributed by atoms with Crippen molar-refractivity contribution >= 4 is 26.7 Å². The first-order chi connectivity index (χ1) is 18.8. The Morgan fingerprint density at radius 2 is 1.54 bits per heavy atom. The van der Waals surface area contributed by atoms with E-state index in [1.807, 2.05) is 0 Å². The van der Waals surface area contributed by atoms with Gasteiger partial charge in [0.1, 0.15) is 13.2 Å². The molecule has 2 aliphatic heterocycles. The van der Waals surface area contributed by atoms with Crippen LogP contribution < -0.4 is 24.5 Å². The summed E-state index contributed by atoms with van der Waals surface area (Å²) in [7, 11) is -4.09. The van der Waals surface area contributed by atoms with Gasteiger partial charge in [-0.3, -0.25) is 9.59 Å². The van der Waals surface area contributed by atoms with E-state index in [9.17, 15) is 18.0 Å². The van der Waals surface area contributed by atoms with Crippen LogP contribution in [0.4, 0.5) is 0 Å². The van der Waals surface area contributed by atoms with Gasteiger partial charge in [-0.1, -0.05) is 18.2 Å². The van der Waals surface area contributed by atoms with Crippen LogP contribution >= 0.6 is 0 Å². The maximum Gasteiger partial charge on any atom is 0.252 e. The SMILES string of the molecule is CC(=O)c1ccc(S(=O)(=O)N(Cc2ccc3c(c2)OCO3)Cc2cc3cc4c(cc3[nH]c2=O)OCCO4)cc1. The zero-order valence-corrected chi connectivity index (χ0v) is 21.7. The van der Waals surface area contributed by atoms with Gasteiger partial charge in [0.15, 0.2) is 28.8 Å². The molecule has 39 heavy (non-hydrogen) atoms. The number of carbonyl (C=O) groups is 1. The third kappa shape index (κ3) is 4.82. The van der Waals surface area contributed by atoms with Crippen molar-refractivity contribution < 1.29 is 32.2 Å². The van der Waals surface area contributed by atoms with Crippen LogP contribution in [0, 0.1) is 0 Å². The average molecular weight is 549 g/mol. The van der Waals surface area contributed by atoms with Crippen molar-refractivity contribution in [2.24, 2.45) is 0 Å². The number of hydrogen-bond donors (Lipinski definition) is 1. The lowest BCUT2D eigenvalue weighted by molar-refractivity contribution is 0.101. The Balaban J connectivity index is 1.39. The Hall–Kier alpha value is -4.35. The summed E-state index contributed by atoms with van der Waals surface area (Å²) in [5, 5.41) is 0.681. The predicted molar refractivity (Wildman–Crippen MR) is 141 cm³/mol. The lowest BCUT2D eigenvalue weighted by atomic mass is 10.1. The lowest BCUT2D eigenvalue weighted by Gasteiger charge is -2.23. The number of aromatic amines is 1. The number of sulfonamides is 1. The van der Waals surface area contributed by atoms with Gasteiger partial charge in [-0.25, -0.2) is 8.42 Å². The molecule has 0 atom stereocenters. The highest BCUT2D eigenvalue weighted by molar-refractivity contribution is 7.89. The van der Waals surface area contributed by atoms with Crippen LogP contribution in [-0.2, 0) is 23.1 Å². The van der Waals surface area contributed by atoms with E-state index < -0.39 is 15.6 Å². The van der Waals surface area contributed by atoms with Gasteiger partial charge in [0.2, 0.25) is 16.8 Å². The van der Waals surface area contributed by atoms with Crippen molar-refractivity contribution in [2.45, 2.75) is 24.9 Å². The van der Waals surface area contributed by atoms with Crippen LogP contribution in [0.25, 0.3) is 10.9 Å². The first-order valence-electron chi connectivity index (χ1n) is 12.2. The molecular formula is C28H24N2O8S. The predicted octanol–water partition coefficient (Wildman–Crippen LogP) is 3.62. The molecule has 0 aliphatic carbocycles. The number of fused-ring (bicyclic) bond motifs is 3. The van der Waals surface area contributed by atoms with Crippen LogP contribution in [0.15, 0.2) is 70.4 Å². The smallest absolute Gasteiger partial charge is 0.252 e. The number of nitrogens with zero attached hydrogens (tertiary/aromatic N) is 1. The lowest BCUT2D eigenvalue weighted by Crippen LogP contribution is -2.32. The Labute approximate surface area is 223 Å². The monoisotopic (exact) mass is 548 g/mol. The molecule has 0 unspecified atom stereocenters. The summed E-state index contributed by atoms with van der Waals surface area (Å²) in [6.45, 7) is 2.10. The molecule has 10 nitrogen and oxygen atoms in total. The van der Waals surface area contributed by atoms with Gasteiger partial charge in [0.05, 0.1) is 10.4 Å². The van der Waals surface area contributed by atoms with Crippen molar-refractivity contribution in [3.8, 4) is 23.0 Å². The van der Waals surface area contributed by atoms with Crippen LogP contribution in [0.1, 0.15) is 28.4 Å². The topological polar surface area (TPSA) is 124 Å². The highest BCUT2D eigenvalue weighted by atomic mass is 32.2. The normalized spacial score (nSPS) is 14.1. The number of carbonyl (C=O) groups excluding carboxylic acids is 1. The van der Waals surface area contributed by atoms with Crippen molar-refractivity contribution in [3.63, 3.8) is 0 Å². The van der Waals surface area contributed by atoms with Crippen molar-refractivity contribution in [1.82, 2.24) is 9.29 Å². The molecule has 0 bridgehead atoms. The van der Waals surface area contributed by atoms with E-state index in [4.69, 9.17) is 18.9 Å². The van der Waals surface area contributed by atoms with Crippen molar-refractivity contribution in [2.75, 3.05) is 20.0 Å². The number of nitrogens with one attached hydrogen (secondary N) is 1. The molecule has 1 N–H and O–H groups in total. The highest BCUT2D eigenvalue weighted by Crippen LogP contribution is 2.35. The van der Waals surface area contributed by atoms with E-state index in [0.29, 0.717) is 58.2 Å². The van der Waals surface area contributed by atoms with Crippen LogP contribution in [0.3, 0.4) is 0 Å². The first-order valence-corrected chi connectivity index (χ1v) is 13.7. The molecule has 6 rings (SSSR count). The number of H-pyrrole nitrogens is 1. The molecule has 0 saturated heterocycles. The quantitative estimate of drug-likeness (QED) is 0.347. The second-order valence-corrected chi connectivity index (χ2v) is 11.2. The van der Waals surface area contributed by atoms with Gasteiger partial charge in [-0.05, 0) is 48.9 Å². The maximum atomic E-state index is 13.9. The number of rotatable bonds is 7. The molecule has 2 aliphatic rings. The molecule has 0 radical (unpaired) electrons.